The Bertz CT molecular complexity index is 3970. The maximum absolute atomic E-state index is 6.97. The molecule has 11 aromatic rings. The minimum absolute atomic E-state index is 0.229. The molecule has 14 rings (SSSR count). The van der Waals surface area contributed by atoms with E-state index in [0.717, 1.165) is 67.0 Å². The van der Waals surface area contributed by atoms with Gasteiger partial charge in [-0.3, -0.25) is 4.90 Å². The molecule has 4 nitrogen and oxygen atoms in total. The first kappa shape index (κ1) is 38.6. The van der Waals surface area contributed by atoms with Crippen molar-refractivity contribution < 1.29 is 8.83 Å². The summed E-state index contributed by atoms with van der Waals surface area (Å²) in [6.07, 6.45) is 1.92. The van der Waals surface area contributed by atoms with Gasteiger partial charge in [-0.1, -0.05) is 151 Å². The number of nitrogens with zero attached hydrogens (tertiary/aromatic N) is 2. The number of fused-ring (bicyclic) bond motifs is 19. The van der Waals surface area contributed by atoms with Crippen LogP contribution in [-0.4, -0.2) is 4.98 Å². The summed E-state index contributed by atoms with van der Waals surface area (Å²) in [6.45, 7) is 16.6. The van der Waals surface area contributed by atoms with E-state index >= 15 is 0 Å². The van der Waals surface area contributed by atoms with Gasteiger partial charge in [-0.05, 0) is 128 Å². The number of hydrogen-bond acceptors (Lipinski definition) is 4. The number of hydrogen-bond donors (Lipinski definition) is 0. The predicted molar refractivity (Wildman–Crippen MR) is 276 cm³/mol. The second kappa shape index (κ2) is 13.0. The highest BCUT2D eigenvalue weighted by Crippen LogP contribution is 2.64. The van der Waals surface area contributed by atoms with Crippen molar-refractivity contribution in [3.05, 3.63) is 203 Å². The van der Waals surface area contributed by atoms with Crippen LogP contribution in [0.25, 0.3) is 88.4 Å². The Balaban J connectivity index is 0.993. The fourth-order valence-electron chi connectivity index (χ4n) is 12.8. The predicted octanol–water partition coefficient (Wildman–Crippen LogP) is 17.2. The Labute approximate surface area is 390 Å². The largest absolute Gasteiger partial charge is 0.455 e. The van der Waals surface area contributed by atoms with Gasteiger partial charge in [0.2, 0.25) is 0 Å². The Morgan fingerprint density at radius 2 is 0.985 bits per heavy atom. The van der Waals surface area contributed by atoms with Gasteiger partial charge in [0.25, 0.3) is 0 Å². The Morgan fingerprint density at radius 1 is 0.433 bits per heavy atom. The number of pyridine rings is 1. The summed E-state index contributed by atoms with van der Waals surface area (Å²) >= 11 is 0. The van der Waals surface area contributed by atoms with E-state index in [-0.39, 0.29) is 16.2 Å². The van der Waals surface area contributed by atoms with E-state index in [1.807, 2.05) is 12.3 Å². The zero-order chi connectivity index (χ0) is 45.3. The van der Waals surface area contributed by atoms with Gasteiger partial charge in [-0.15, -0.1) is 0 Å². The lowest BCUT2D eigenvalue weighted by Crippen LogP contribution is -2.24. The number of furan rings is 2. The molecule has 67 heavy (non-hydrogen) atoms. The number of aromatic nitrogens is 1. The lowest BCUT2D eigenvalue weighted by Gasteiger charge is -2.32. The number of benzene rings is 8. The minimum atomic E-state index is -0.335. The molecule has 0 amide bonds. The van der Waals surface area contributed by atoms with Crippen LogP contribution in [-0.2, 0) is 16.2 Å². The average molecular weight is 865 g/mol. The summed E-state index contributed by atoms with van der Waals surface area (Å²) in [5.41, 5.74) is 24.1. The molecule has 322 valence electrons. The fraction of sp³-hybridized carbons (Fsp3) is 0.159. The normalized spacial score (nSPS) is 15.4. The first-order valence-corrected chi connectivity index (χ1v) is 23.6. The lowest BCUT2D eigenvalue weighted by atomic mass is 9.72. The van der Waals surface area contributed by atoms with E-state index in [2.05, 4.69) is 205 Å². The summed E-state index contributed by atoms with van der Waals surface area (Å²) in [6, 6.07) is 57.6. The summed E-state index contributed by atoms with van der Waals surface area (Å²) in [5.74, 6) is 0.916. The molecule has 0 atom stereocenters. The molecule has 0 radical (unpaired) electrons. The first-order chi connectivity index (χ1) is 32.4. The van der Waals surface area contributed by atoms with Crippen LogP contribution in [0.4, 0.5) is 17.2 Å². The SMILES string of the molecule is Cc1cccnc1N(c1ccc2c(c1)C(C)(C)c1cc(-c3ccccc3)c3oc4ccccc4c3c1-2)c1ccc2c(c1)C(C)(C)c1c3c(c4oc5ccccc5c4c1-2)-c1ccccc1C3(C)C. The number of para-hydroxylation sites is 2. The summed E-state index contributed by atoms with van der Waals surface area (Å²) < 4.78 is 13.8. The van der Waals surface area contributed by atoms with Crippen molar-refractivity contribution in [2.75, 3.05) is 4.90 Å². The standard InChI is InChI=1S/C63H48N2O2/c1-35-18-17-31-64-60(35)65(37-27-29-40-46(32-37)61(2,3)48-34-44(36-19-9-8-10-20-36)58-53(51(40)48)42-22-12-15-25-49(42)66-58)38-28-30-41-47(33-38)63(6,7)56-52(41)54-43-23-13-16-26-50(43)67-59(54)55-39-21-11-14-24-45(39)62(4,5)57(55)56/h8-34H,1-7H3. The molecule has 3 heterocycles. The number of aryl methyl sites for hydroxylation is 1. The van der Waals surface area contributed by atoms with E-state index < -0.39 is 0 Å². The van der Waals surface area contributed by atoms with Gasteiger partial charge in [-0.2, -0.15) is 0 Å². The quantitative estimate of drug-likeness (QED) is 0.177. The van der Waals surface area contributed by atoms with E-state index in [1.165, 1.54) is 77.5 Å². The smallest absolute Gasteiger partial charge is 0.144 e. The van der Waals surface area contributed by atoms with E-state index in [1.54, 1.807) is 0 Å². The molecule has 0 unspecified atom stereocenters. The summed E-state index contributed by atoms with van der Waals surface area (Å²) in [5, 5.41) is 4.70. The van der Waals surface area contributed by atoms with Crippen molar-refractivity contribution in [3.63, 3.8) is 0 Å². The summed E-state index contributed by atoms with van der Waals surface area (Å²) in [7, 11) is 0. The second-order valence-corrected chi connectivity index (χ2v) is 20.7. The van der Waals surface area contributed by atoms with Crippen LogP contribution in [0.5, 0.6) is 0 Å². The van der Waals surface area contributed by atoms with Crippen molar-refractivity contribution in [2.24, 2.45) is 0 Å². The molecule has 0 aliphatic heterocycles. The molecule has 0 bridgehead atoms. The molecule has 0 saturated heterocycles. The van der Waals surface area contributed by atoms with Crippen molar-refractivity contribution in [1.29, 1.82) is 0 Å². The monoisotopic (exact) mass is 864 g/mol. The van der Waals surface area contributed by atoms with Gasteiger partial charge >= 0.3 is 0 Å². The topological polar surface area (TPSA) is 42.4 Å². The Hall–Kier alpha value is -7.69. The molecular weight excluding hydrogens is 817 g/mol. The molecule has 0 spiro atoms. The third-order valence-corrected chi connectivity index (χ3v) is 16.0. The molecule has 3 aliphatic rings. The molecule has 0 saturated carbocycles. The first-order valence-electron chi connectivity index (χ1n) is 23.6. The molecule has 3 aliphatic carbocycles. The average Bonchev–Trinajstić information content (AvgIpc) is 4.09. The molecule has 0 fully saturated rings. The van der Waals surface area contributed by atoms with Crippen LogP contribution in [0.2, 0.25) is 0 Å². The molecular formula is C63H48N2O2. The van der Waals surface area contributed by atoms with E-state index in [0.29, 0.717) is 0 Å². The molecule has 3 aromatic heterocycles. The minimum Gasteiger partial charge on any atom is -0.455 e. The van der Waals surface area contributed by atoms with Crippen molar-refractivity contribution >= 4 is 61.1 Å². The highest BCUT2D eigenvalue weighted by molar-refractivity contribution is 6.21. The number of anilines is 3. The third-order valence-electron chi connectivity index (χ3n) is 16.0. The zero-order valence-electron chi connectivity index (χ0n) is 38.8. The van der Waals surface area contributed by atoms with Crippen LogP contribution in [0.1, 0.15) is 80.5 Å². The van der Waals surface area contributed by atoms with Crippen LogP contribution in [0.3, 0.4) is 0 Å². The zero-order valence-corrected chi connectivity index (χ0v) is 38.8. The van der Waals surface area contributed by atoms with E-state index in [9.17, 15) is 0 Å². The Kier molecular flexibility index (Phi) is 7.49. The summed E-state index contributed by atoms with van der Waals surface area (Å²) in [4.78, 5) is 7.53. The fourth-order valence-corrected chi connectivity index (χ4v) is 12.8. The molecule has 8 aromatic carbocycles. The second-order valence-electron chi connectivity index (χ2n) is 20.7. The van der Waals surface area contributed by atoms with Crippen LogP contribution < -0.4 is 4.90 Å². The highest BCUT2D eigenvalue weighted by atomic mass is 16.3. The molecule has 0 N–H and O–H groups in total. The van der Waals surface area contributed by atoms with Crippen LogP contribution >= 0.6 is 0 Å². The maximum atomic E-state index is 6.97. The van der Waals surface area contributed by atoms with Gasteiger partial charge in [0, 0.05) is 66.5 Å². The Morgan fingerprint density at radius 3 is 1.69 bits per heavy atom. The third kappa shape index (κ3) is 4.90. The number of rotatable bonds is 4. The van der Waals surface area contributed by atoms with Gasteiger partial charge in [-0.25, -0.2) is 4.98 Å². The van der Waals surface area contributed by atoms with E-state index in [4.69, 9.17) is 13.8 Å². The van der Waals surface area contributed by atoms with Crippen molar-refractivity contribution in [3.8, 4) is 44.5 Å². The van der Waals surface area contributed by atoms with Gasteiger partial charge in [0.1, 0.15) is 28.1 Å². The van der Waals surface area contributed by atoms with Crippen molar-refractivity contribution in [1.82, 2.24) is 4.98 Å². The van der Waals surface area contributed by atoms with Crippen molar-refractivity contribution in [2.45, 2.75) is 64.7 Å². The van der Waals surface area contributed by atoms with Gasteiger partial charge in [0.05, 0.1) is 0 Å². The highest BCUT2D eigenvalue weighted by Gasteiger charge is 2.49. The van der Waals surface area contributed by atoms with Gasteiger partial charge in [0.15, 0.2) is 0 Å². The lowest BCUT2D eigenvalue weighted by molar-refractivity contribution is 0.600. The van der Waals surface area contributed by atoms with Gasteiger partial charge < -0.3 is 8.83 Å². The van der Waals surface area contributed by atoms with Crippen LogP contribution in [0, 0.1) is 6.92 Å². The molecule has 4 heteroatoms. The van der Waals surface area contributed by atoms with Crippen LogP contribution in [0.15, 0.2) is 173 Å². The maximum Gasteiger partial charge on any atom is 0.144 e.